The Labute approximate surface area is 158 Å². The molecule has 2 aromatic rings. The summed E-state index contributed by atoms with van der Waals surface area (Å²) < 4.78 is 37.5. The Hall–Kier alpha value is -2.61. The molecule has 0 bridgehead atoms. The van der Waals surface area contributed by atoms with Crippen molar-refractivity contribution in [1.82, 2.24) is 4.90 Å². The Balaban J connectivity index is 1.53. The zero-order valence-electron chi connectivity index (χ0n) is 14.9. The first-order valence-electron chi connectivity index (χ1n) is 8.67. The molecule has 0 radical (unpaired) electrons. The number of carbonyl (C=O) groups excluding carboxylic acids is 1. The van der Waals surface area contributed by atoms with Gasteiger partial charge >= 0.3 is 16.5 Å². The van der Waals surface area contributed by atoms with E-state index in [9.17, 15) is 17.1 Å². The fourth-order valence-electron chi connectivity index (χ4n) is 3.17. The highest BCUT2D eigenvalue weighted by Gasteiger charge is 2.23. The molecule has 8 heteroatoms. The van der Waals surface area contributed by atoms with Crippen LogP contribution < -0.4 is 9.50 Å². The van der Waals surface area contributed by atoms with Crippen LogP contribution in [-0.2, 0) is 10.5 Å². The summed E-state index contributed by atoms with van der Waals surface area (Å²) in [5.74, 6) is 0.295. The third kappa shape index (κ3) is 5.43. The van der Waals surface area contributed by atoms with Gasteiger partial charge in [-0.05, 0) is 55.5 Å². The number of hydrogen-bond acceptors (Lipinski definition) is 4. The van der Waals surface area contributed by atoms with Gasteiger partial charge in [-0.1, -0.05) is 33.7 Å². The van der Waals surface area contributed by atoms with E-state index >= 15 is 0 Å². The number of likely N-dealkylation sites (tertiary alicyclic amines) is 1. The first-order chi connectivity index (χ1) is 12.8. The lowest BCUT2D eigenvalue weighted by Crippen LogP contribution is -2.40. The van der Waals surface area contributed by atoms with E-state index in [1.807, 2.05) is 0 Å². The number of benzene rings is 2. The first kappa shape index (κ1) is 19.2. The summed E-state index contributed by atoms with van der Waals surface area (Å²) in [4.78, 5) is 14.1. The highest BCUT2D eigenvalue weighted by Crippen LogP contribution is 2.28. The van der Waals surface area contributed by atoms with Gasteiger partial charge in [-0.3, -0.25) is 0 Å². The lowest BCUT2D eigenvalue weighted by atomic mass is 9.89. The van der Waals surface area contributed by atoms with E-state index in [-0.39, 0.29) is 11.8 Å². The van der Waals surface area contributed by atoms with Gasteiger partial charge < -0.3 is 14.4 Å². The number of nitrogens with one attached hydrogen (secondary N) is 1. The topological polar surface area (TPSA) is 75.7 Å². The number of carbonyl (C=O) groups is 1. The molecule has 0 spiro atoms. The summed E-state index contributed by atoms with van der Waals surface area (Å²) in [6.45, 7) is 3.38. The Morgan fingerprint density at radius 1 is 1.07 bits per heavy atom. The number of aryl methyl sites for hydroxylation is 1. The van der Waals surface area contributed by atoms with Gasteiger partial charge in [0.05, 0.1) is 0 Å². The monoisotopic (exact) mass is 392 g/mol. The molecule has 0 aliphatic carbocycles. The van der Waals surface area contributed by atoms with Crippen LogP contribution in [-0.4, -0.2) is 32.4 Å². The quantitative estimate of drug-likeness (QED) is 0.798. The summed E-state index contributed by atoms with van der Waals surface area (Å²) in [5, 5.41) is 2.75. The zero-order chi connectivity index (χ0) is 19.4. The number of anilines is 1. The first-order valence-corrected chi connectivity index (χ1v) is 9.98. The van der Waals surface area contributed by atoms with E-state index in [0.29, 0.717) is 24.7 Å². The highest BCUT2D eigenvalue weighted by atomic mass is 32.3. The summed E-state index contributed by atoms with van der Waals surface area (Å²) in [7, 11) is -5.06. The molecule has 27 heavy (non-hydrogen) atoms. The maximum atomic E-state index is 12.5. The van der Waals surface area contributed by atoms with Crippen molar-refractivity contribution in [3.63, 3.8) is 0 Å². The van der Waals surface area contributed by atoms with Crippen LogP contribution in [0.3, 0.4) is 0 Å². The minimum Gasteiger partial charge on any atom is -0.358 e. The summed E-state index contributed by atoms with van der Waals surface area (Å²) >= 11 is 0. The molecule has 6 nitrogen and oxygen atoms in total. The van der Waals surface area contributed by atoms with Crippen molar-refractivity contribution in [3.8, 4) is 5.75 Å². The number of rotatable bonds is 4. The van der Waals surface area contributed by atoms with Gasteiger partial charge in [0, 0.05) is 18.8 Å². The van der Waals surface area contributed by atoms with Crippen LogP contribution in [0.25, 0.3) is 0 Å². The van der Waals surface area contributed by atoms with Crippen molar-refractivity contribution in [2.45, 2.75) is 25.7 Å². The van der Waals surface area contributed by atoms with Crippen molar-refractivity contribution >= 4 is 22.2 Å². The summed E-state index contributed by atoms with van der Waals surface area (Å²) in [6, 6.07) is 13.8. The minimum absolute atomic E-state index is 0.158. The van der Waals surface area contributed by atoms with Crippen molar-refractivity contribution in [2.75, 3.05) is 18.4 Å². The van der Waals surface area contributed by atoms with Crippen molar-refractivity contribution in [1.29, 1.82) is 0 Å². The van der Waals surface area contributed by atoms with Crippen molar-refractivity contribution in [3.05, 3.63) is 59.7 Å². The Morgan fingerprint density at radius 2 is 1.67 bits per heavy atom. The van der Waals surface area contributed by atoms with Crippen LogP contribution in [0.5, 0.6) is 5.75 Å². The number of piperidine rings is 1. The van der Waals surface area contributed by atoms with E-state index in [0.717, 1.165) is 12.8 Å². The van der Waals surface area contributed by atoms with Gasteiger partial charge in [0.15, 0.2) is 0 Å². The minimum atomic E-state index is -5.06. The maximum absolute atomic E-state index is 12.5. The number of amides is 2. The molecule has 1 heterocycles. The average molecular weight is 392 g/mol. The average Bonchev–Trinajstić information content (AvgIpc) is 2.63. The van der Waals surface area contributed by atoms with Gasteiger partial charge in [0.1, 0.15) is 5.75 Å². The van der Waals surface area contributed by atoms with Crippen molar-refractivity contribution in [2.24, 2.45) is 0 Å². The second-order valence-electron chi connectivity index (χ2n) is 6.60. The van der Waals surface area contributed by atoms with Gasteiger partial charge in [0.2, 0.25) is 0 Å². The van der Waals surface area contributed by atoms with Crippen LogP contribution in [0.4, 0.5) is 14.4 Å². The van der Waals surface area contributed by atoms with E-state index < -0.39 is 10.5 Å². The zero-order valence-corrected chi connectivity index (χ0v) is 15.7. The summed E-state index contributed by atoms with van der Waals surface area (Å²) in [6.07, 6.45) is 1.80. The molecule has 144 valence electrons. The van der Waals surface area contributed by atoms with Crippen LogP contribution in [0.15, 0.2) is 48.5 Å². The molecule has 2 amide bonds. The van der Waals surface area contributed by atoms with Crippen LogP contribution in [0.2, 0.25) is 0 Å². The van der Waals surface area contributed by atoms with E-state index in [1.54, 1.807) is 4.90 Å². The third-order valence-electron chi connectivity index (χ3n) is 4.63. The molecular weight excluding hydrogens is 371 g/mol. The van der Waals surface area contributed by atoms with Gasteiger partial charge in [-0.2, -0.15) is 8.42 Å². The largest absolute Gasteiger partial charge is 0.488 e. The number of urea groups is 1. The molecule has 0 unspecified atom stereocenters. The molecule has 2 aromatic carbocycles. The predicted octanol–water partition coefficient (Wildman–Crippen LogP) is 4.00. The molecule has 1 aliphatic rings. The fraction of sp³-hybridized carbons (Fsp3) is 0.316. The molecular formula is C19H21FN2O4S. The maximum Gasteiger partial charge on any atom is 0.488 e. The summed E-state index contributed by atoms with van der Waals surface area (Å²) in [5.41, 5.74) is 3.01. The fourth-order valence-corrected chi connectivity index (χ4v) is 3.51. The highest BCUT2D eigenvalue weighted by molar-refractivity contribution is 7.81. The predicted molar refractivity (Wildman–Crippen MR) is 101 cm³/mol. The third-order valence-corrected chi connectivity index (χ3v) is 5.02. The lowest BCUT2D eigenvalue weighted by molar-refractivity contribution is 0.194. The molecule has 0 saturated carbocycles. The normalized spacial score (nSPS) is 15.4. The van der Waals surface area contributed by atoms with E-state index in [1.165, 1.54) is 35.4 Å². The second-order valence-corrected chi connectivity index (χ2v) is 7.56. The number of hydrogen-bond donors (Lipinski definition) is 1. The molecule has 1 aliphatic heterocycles. The molecule has 1 fully saturated rings. The molecule has 1 saturated heterocycles. The Morgan fingerprint density at radius 3 is 2.22 bits per heavy atom. The van der Waals surface area contributed by atoms with Gasteiger partial charge in [-0.15, -0.1) is 0 Å². The molecule has 0 atom stereocenters. The van der Waals surface area contributed by atoms with Crippen LogP contribution >= 0.6 is 0 Å². The standard InChI is InChI=1S/C19H21FN2O4S/c1-14-2-4-15(5-3-14)16-10-12-22(13-11-16)19(23)21-17-6-8-18(9-7-17)26-27(20,24)25/h2-9,16H,10-13H2,1H3,(H,21,23). The van der Waals surface area contributed by atoms with Crippen LogP contribution in [0, 0.1) is 6.92 Å². The van der Waals surface area contributed by atoms with Gasteiger partial charge in [0.25, 0.3) is 0 Å². The number of halogens is 1. The number of nitrogens with zero attached hydrogens (tertiary/aromatic N) is 1. The Kier molecular flexibility index (Phi) is 5.65. The molecule has 0 aromatic heterocycles. The van der Waals surface area contributed by atoms with Gasteiger partial charge in [-0.25, -0.2) is 4.79 Å². The Bertz CT molecular complexity index is 890. The SMILES string of the molecule is Cc1ccc(C2CCN(C(=O)Nc3ccc(OS(=O)(=O)F)cc3)CC2)cc1. The lowest BCUT2D eigenvalue weighted by Gasteiger charge is -2.32. The molecule has 1 N–H and O–H groups in total. The van der Waals surface area contributed by atoms with E-state index in [4.69, 9.17) is 0 Å². The molecule has 3 rings (SSSR count). The van der Waals surface area contributed by atoms with Crippen molar-refractivity contribution < 1.29 is 21.3 Å². The second kappa shape index (κ2) is 7.96. The van der Waals surface area contributed by atoms with E-state index in [2.05, 4.69) is 40.7 Å². The smallest absolute Gasteiger partial charge is 0.358 e. The van der Waals surface area contributed by atoms with Crippen LogP contribution in [0.1, 0.15) is 29.9 Å².